The third-order valence-electron chi connectivity index (χ3n) is 8.74. The minimum absolute atomic E-state index is 0.0693. The summed E-state index contributed by atoms with van der Waals surface area (Å²) in [5.74, 6) is 0. The average molecular weight is 635 g/mol. The largest absolute Gasteiger partial charge is 0.347 e. The molecule has 0 aliphatic rings. The van der Waals surface area contributed by atoms with E-state index >= 15 is 0 Å². The van der Waals surface area contributed by atoms with Gasteiger partial charge in [-0.05, 0) is 38.5 Å². The second-order valence-corrected chi connectivity index (χ2v) is 12.9. The van der Waals surface area contributed by atoms with Crippen LogP contribution in [0.5, 0.6) is 0 Å². The van der Waals surface area contributed by atoms with E-state index in [1.165, 1.54) is 89.9 Å². The van der Waals surface area contributed by atoms with E-state index in [2.05, 4.69) is 39.8 Å². The molecule has 0 aliphatic heterocycles. The number of allylic oxidation sites excluding steroid dienone is 2. The zero-order valence-corrected chi connectivity index (χ0v) is 30.3. The maximum atomic E-state index is 12.0. The Morgan fingerprint density at radius 1 is 0.444 bits per heavy atom. The van der Waals surface area contributed by atoms with Crippen molar-refractivity contribution >= 4 is 12.6 Å². The summed E-state index contributed by atoms with van der Waals surface area (Å²) in [5.41, 5.74) is 1.48. The predicted molar refractivity (Wildman–Crippen MR) is 192 cm³/mol. The lowest BCUT2D eigenvalue weighted by Crippen LogP contribution is -2.22. The maximum absolute atomic E-state index is 12.0. The van der Waals surface area contributed by atoms with E-state index in [1.807, 2.05) is 0 Å². The molecule has 0 spiro atoms. The van der Waals surface area contributed by atoms with Crippen LogP contribution in [0.1, 0.15) is 195 Å². The van der Waals surface area contributed by atoms with E-state index < -0.39 is 0 Å². The molecule has 0 saturated carbocycles. The monoisotopic (exact) mass is 635 g/mol. The quantitative estimate of drug-likeness (QED) is 0.0297. The van der Waals surface area contributed by atoms with E-state index in [0.29, 0.717) is 0 Å². The van der Waals surface area contributed by atoms with Gasteiger partial charge in [-0.15, -0.1) is 0 Å². The number of ether oxygens (including phenoxy) is 3. The lowest BCUT2D eigenvalue weighted by Gasteiger charge is -2.20. The molecule has 0 fully saturated rings. The molecule has 45 heavy (non-hydrogen) atoms. The van der Waals surface area contributed by atoms with Crippen LogP contribution in [-0.2, 0) is 23.8 Å². The van der Waals surface area contributed by atoms with Crippen molar-refractivity contribution in [3.8, 4) is 0 Å². The Morgan fingerprint density at radius 3 is 1.09 bits per heavy atom. The van der Waals surface area contributed by atoms with Crippen LogP contribution in [0.25, 0.3) is 0 Å². The van der Waals surface area contributed by atoms with Crippen LogP contribution in [0.3, 0.4) is 0 Å². The van der Waals surface area contributed by atoms with E-state index in [9.17, 15) is 9.59 Å². The molecule has 0 heterocycles. The van der Waals surface area contributed by atoms with E-state index in [-0.39, 0.29) is 25.8 Å². The van der Waals surface area contributed by atoms with Crippen LogP contribution in [0, 0.1) is 0 Å². The van der Waals surface area contributed by atoms with Gasteiger partial charge >= 0.3 is 0 Å². The number of unbranched alkanes of at least 4 members (excludes halogenated alkanes) is 20. The van der Waals surface area contributed by atoms with Gasteiger partial charge < -0.3 is 14.2 Å². The first-order chi connectivity index (χ1) is 22.2. The Kier molecular flexibility index (Phi) is 34.5. The van der Waals surface area contributed by atoms with E-state index in [0.717, 1.165) is 101 Å². The molecule has 0 aromatic heterocycles. The third kappa shape index (κ3) is 27.5. The van der Waals surface area contributed by atoms with E-state index in [4.69, 9.17) is 14.2 Å². The number of carbonyl (C=O) groups is 2. The average Bonchev–Trinajstić information content (AvgIpc) is 3.05. The van der Waals surface area contributed by atoms with Crippen molar-refractivity contribution in [3.63, 3.8) is 0 Å². The molecule has 0 amide bonds. The van der Waals surface area contributed by atoms with Gasteiger partial charge in [0.25, 0.3) is 0 Å². The molecule has 0 bridgehead atoms. The second kappa shape index (κ2) is 35.6. The normalized spacial score (nSPS) is 13.7. The summed E-state index contributed by atoms with van der Waals surface area (Å²) in [7, 11) is 0. The highest BCUT2D eigenvalue weighted by atomic mass is 16.7. The van der Waals surface area contributed by atoms with Crippen LogP contribution >= 0.6 is 0 Å². The van der Waals surface area contributed by atoms with Gasteiger partial charge in [0, 0.05) is 11.1 Å². The van der Waals surface area contributed by atoms with Crippen LogP contribution in [0.4, 0.5) is 0 Å². The molecular weight excluding hydrogens is 560 g/mol. The summed E-state index contributed by atoms with van der Waals surface area (Å²) >= 11 is 0. The topological polar surface area (TPSA) is 61.8 Å². The van der Waals surface area contributed by atoms with Crippen molar-refractivity contribution in [1.29, 1.82) is 0 Å². The standard InChI is InChI=1S/C40H74O5/c1-5-9-13-15-17-19-21-23-27-29-37(33-41)39(31-25-11-7-3)44-35-43-36-45-40(32-26-12-8-4)38(34-42)30-28-24-22-20-18-16-14-10-6-2/h29-30,33-34,39-40H,5-28,31-32,35-36H2,1-4H3. The summed E-state index contributed by atoms with van der Waals surface area (Å²) in [6.45, 7) is 9.01. The lowest BCUT2D eigenvalue weighted by atomic mass is 10.0. The summed E-state index contributed by atoms with van der Waals surface area (Å²) < 4.78 is 17.9. The van der Waals surface area contributed by atoms with Gasteiger partial charge in [-0.1, -0.05) is 168 Å². The Labute approximate surface area is 279 Å². The summed E-state index contributed by atoms with van der Waals surface area (Å²) in [5, 5.41) is 0. The van der Waals surface area contributed by atoms with Crippen LogP contribution in [-0.4, -0.2) is 38.4 Å². The Balaban J connectivity index is 4.76. The first kappa shape index (κ1) is 43.7. The van der Waals surface area contributed by atoms with Gasteiger partial charge in [0.05, 0.1) is 12.2 Å². The number of hydrogen-bond donors (Lipinski definition) is 0. The van der Waals surface area contributed by atoms with Gasteiger partial charge in [-0.2, -0.15) is 0 Å². The Morgan fingerprint density at radius 2 is 0.756 bits per heavy atom. The number of aldehydes is 2. The lowest BCUT2D eigenvalue weighted by molar-refractivity contribution is -0.157. The highest BCUT2D eigenvalue weighted by molar-refractivity contribution is 5.75. The molecule has 0 saturated heterocycles. The third-order valence-corrected chi connectivity index (χ3v) is 8.74. The van der Waals surface area contributed by atoms with Crippen LogP contribution in [0.2, 0.25) is 0 Å². The molecule has 0 aromatic carbocycles. The molecule has 5 nitrogen and oxygen atoms in total. The zero-order valence-electron chi connectivity index (χ0n) is 30.3. The van der Waals surface area contributed by atoms with Crippen molar-refractivity contribution < 1.29 is 23.8 Å². The minimum atomic E-state index is -0.250. The van der Waals surface area contributed by atoms with Crippen molar-refractivity contribution in [2.45, 2.75) is 207 Å². The molecular formula is C40H74O5. The summed E-state index contributed by atoms with van der Waals surface area (Å²) in [6, 6.07) is 0. The number of hydrogen-bond acceptors (Lipinski definition) is 5. The van der Waals surface area contributed by atoms with Gasteiger partial charge in [-0.25, -0.2) is 0 Å². The predicted octanol–water partition coefficient (Wildman–Crippen LogP) is 12.2. The summed E-state index contributed by atoms with van der Waals surface area (Å²) in [6.07, 6.45) is 36.1. The fourth-order valence-electron chi connectivity index (χ4n) is 5.75. The number of carbonyl (C=O) groups excluding carboxylic acids is 2. The molecule has 2 unspecified atom stereocenters. The minimum Gasteiger partial charge on any atom is -0.347 e. The molecule has 2 atom stereocenters. The SMILES string of the molecule is CCCCCCCCCCC=C(C=O)C(CCCCC)OCOCOC(CCCCC)C(C=O)=CCCCCCCCCCC. The van der Waals surface area contributed by atoms with E-state index in [1.54, 1.807) is 0 Å². The van der Waals surface area contributed by atoms with Crippen LogP contribution in [0.15, 0.2) is 23.3 Å². The highest BCUT2D eigenvalue weighted by Crippen LogP contribution is 2.19. The van der Waals surface area contributed by atoms with Gasteiger partial charge in [0.15, 0.2) is 0 Å². The molecule has 0 aliphatic carbocycles. The van der Waals surface area contributed by atoms with Crippen molar-refractivity contribution in [3.05, 3.63) is 23.3 Å². The first-order valence-electron chi connectivity index (χ1n) is 19.3. The van der Waals surface area contributed by atoms with Crippen molar-refractivity contribution in [1.82, 2.24) is 0 Å². The highest BCUT2D eigenvalue weighted by Gasteiger charge is 2.17. The number of rotatable bonds is 36. The van der Waals surface area contributed by atoms with Gasteiger partial charge in [0.1, 0.15) is 26.2 Å². The van der Waals surface area contributed by atoms with Crippen molar-refractivity contribution in [2.75, 3.05) is 13.6 Å². The smallest absolute Gasteiger partial charge is 0.150 e. The molecule has 264 valence electrons. The van der Waals surface area contributed by atoms with Crippen LogP contribution < -0.4 is 0 Å². The van der Waals surface area contributed by atoms with Gasteiger partial charge in [-0.3, -0.25) is 9.59 Å². The van der Waals surface area contributed by atoms with Crippen molar-refractivity contribution in [2.24, 2.45) is 0 Å². The molecule has 0 N–H and O–H groups in total. The second-order valence-electron chi connectivity index (χ2n) is 12.9. The fraction of sp³-hybridized carbons (Fsp3) is 0.850. The first-order valence-corrected chi connectivity index (χ1v) is 19.3. The fourth-order valence-corrected chi connectivity index (χ4v) is 5.75. The summed E-state index contributed by atoms with van der Waals surface area (Å²) in [4.78, 5) is 24.0. The molecule has 0 radical (unpaired) electrons. The zero-order chi connectivity index (χ0) is 33.1. The molecule has 5 heteroatoms. The van der Waals surface area contributed by atoms with Gasteiger partial charge in [0.2, 0.25) is 0 Å². The Hall–Kier alpha value is -1.30. The molecule has 0 aromatic rings. The maximum Gasteiger partial charge on any atom is 0.150 e. The molecule has 0 rings (SSSR count). The Bertz CT molecular complexity index is 643.